The van der Waals surface area contributed by atoms with Gasteiger partial charge in [-0.15, -0.1) is 0 Å². The number of hydrogen-bond donors (Lipinski definition) is 1. The molecule has 0 aliphatic rings. The number of carbonyl (C=O) groups excluding carboxylic acids is 2. The summed E-state index contributed by atoms with van der Waals surface area (Å²) in [6.07, 6.45) is -1.87. The Balaban J connectivity index is 1.93. The fourth-order valence-corrected chi connectivity index (χ4v) is 2.53. The predicted octanol–water partition coefficient (Wildman–Crippen LogP) is 4.02. The maximum absolute atomic E-state index is 12.4. The molecule has 0 saturated carbocycles. The minimum Gasteiger partial charge on any atom is -0.479 e. The van der Waals surface area contributed by atoms with Crippen molar-refractivity contribution in [2.75, 3.05) is 5.32 Å². The third-order valence-electron chi connectivity index (χ3n) is 4.13. The van der Waals surface area contributed by atoms with Crippen LogP contribution in [0.2, 0.25) is 0 Å². The molecule has 0 aliphatic heterocycles. The van der Waals surface area contributed by atoms with Gasteiger partial charge in [0.25, 0.3) is 5.91 Å². The molecule has 28 heavy (non-hydrogen) atoms. The molecule has 2 atom stereocenters. The summed E-state index contributed by atoms with van der Waals surface area (Å²) in [7, 11) is 0. The van der Waals surface area contributed by atoms with Crippen molar-refractivity contribution in [1.29, 1.82) is 5.26 Å². The van der Waals surface area contributed by atoms with Crippen molar-refractivity contribution in [3.63, 3.8) is 0 Å². The lowest BCUT2D eigenvalue weighted by atomic mass is 10.0. The Kier molecular flexibility index (Phi) is 7.16. The summed E-state index contributed by atoms with van der Waals surface area (Å²) in [6, 6.07) is 15.9. The molecular weight excluding hydrogens is 356 g/mol. The van der Waals surface area contributed by atoms with Gasteiger partial charge in [0.05, 0.1) is 11.6 Å². The molecule has 1 amide bonds. The SMILES string of the molecule is CC(C)c1ccccc1NC(=O)[C@@H](C)OC(=O)[C@@H](C)Oc1ccc(C#N)cc1. The van der Waals surface area contributed by atoms with E-state index in [9.17, 15) is 9.59 Å². The van der Waals surface area contributed by atoms with Crippen LogP contribution in [0, 0.1) is 11.3 Å². The van der Waals surface area contributed by atoms with E-state index in [0.717, 1.165) is 5.56 Å². The van der Waals surface area contributed by atoms with Gasteiger partial charge in [0.2, 0.25) is 0 Å². The van der Waals surface area contributed by atoms with Crippen molar-refractivity contribution in [3.8, 4) is 11.8 Å². The fraction of sp³-hybridized carbons (Fsp3) is 0.318. The highest BCUT2D eigenvalue weighted by atomic mass is 16.6. The van der Waals surface area contributed by atoms with Gasteiger partial charge in [0.1, 0.15) is 5.75 Å². The largest absolute Gasteiger partial charge is 0.479 e. The van der Waals surface area contributed by atoms with Gasteiger partial charge in [-0.3, -0.25) is 4.79 Å². The molecular formula is C22H24N2O4. The Hall–Kier alpha value is -3.33. The van der Waals surface area contributed by atoms with E-state index in [0.29, 0.717) is 17.0 Å². The van der Waals surface area contributed by atoms with Crippen LogP contribution in [0.15, 0.2) is 48.5 Å². The molecule has 0 radical (unpaired) electrons. The van der Waals surface area contributed by atoms with Crippen LogP contribution in [0.1, 0.15) is 44.7 Å². The van der Waals surface area contributed by atoms with Crippen LogP contribution >= 0.6 is 0 Å². The Labute approximate surface area is 165 Å². The summed E-state index contributed by atoms with van der Waals surface area (Å²) in [4.78, 5) is 24.6. The van der Waals surface area contributed by atoms with Crippen LogP contribution in [-0.2, 0) is 14.3 Å². The monoisotopic (exact) mass is 380 g/mol. The van der Waals surface area contributed by atoms with Crippen molar-refractivity contribution in [3.05, 3.63) is 59.7 Å². The van der Waals surface area contributed by atoms with E-state index < -0.39 is 24.1 Å². The van der Waals surface area contributed by atoms with E-state index >= 15 is 0 Å². The highest BCUT2D eigenvalue weighted by Crippen LogP contribution is 2.24. The summed E-state index contributed by atoms with van der Waals surface area (Å²) >= 11 is 0. The van der Waals surface area contributed by atoms with E-state index in [-0.39, 0.29) is 5.92 Å². The normalized spacial score (nSPS) is 12.6. The second kappa shape index (κ2) is 9.56. The lowest BCUT2D eigenvalue weighted by molar-refractivity contribution is -0.159. The first-order valence-corrected chi connectivity index (χ1v) is 9.09. The number of nitrogens with zero attached hydrogens (tertiary/aromatic N) is 1. The first-order chi connectivity index (χ1) is 13.3. The standard InChI is InChI=1S/C22H24N2O4/c1-14(2)19-7-5-6-8-20(19)24-21(25)15(3)28-22(26)16(4)27-18-11-9-17(13-23)10-12-18/h5-12,14-16H,1-4H3,(H,24,25)/t15-,16-/m1/s1. The van der Waals surface area contributed by atoms with Crippen LogP contribution in [0.4, 0.5) is 5.69 Å². The van der Waals surface area contributed by atoms with Crippen molar-refractivity contribution in [1.82, 2.24) is 0 Å². The zero-order chi connectivity index (χ0) is 20.7. The van der Waals surface area contributed by atoms with Crippen molar-refractivity contribution < 1.29 is 19.1 Å². The van der Waals surface area contributed by atoms with E-state index in [4.69, 9.17) is 14.7 Å². The highest BCUT2D eigenvalue weighted by Gasteiger charge is 2.24. The first-order valence-electron chi connectivity index (χ1n) is 9.09. The number of amides is 1. The first kappa shape index (κ1) is 21.0. The van der Waals surface area contributed by atoms with Gasteiger partial charge in [0.15, 0.2) is 12.2 Å². The summed E-state index contributed by atoms with van der Waals surface area (Å²) in [5.41, 5.74) is 2.20. The van der Waals surface area contributed by atoms with E-state index in [2.05, 4.69) is 5.32 Å². The summed E-state index contributed by atoms with van der Waals surface area (Å²) < 4.78 is 10.7. The van der Waals surface area contributed by atoms with Crippen molar-refractivity contribution in [2.45, 2.75) is 45.8 Å². The van der Waals surface area contributed by atoms with Gasteiger partial charge in [-0.1, -0.05) is 32.0 Å². The Morgan fingerprint density at radius 3 is 2.21 bits per heavy atom. The Morgan fingerprint density at radius 2 is 1.61 bits per heavy atom. The topological polar surface area (TPSA) is 88.4 Å². The molecule has 0 heterocycles. The quantitative estimate of drug-likeness (QED) is 0.733. The van der Waals surface area contributed by atoms with Gasteiger partial charge in [-0.2, -0.15) is 5.26 Å². The number of esters is 1. The molecule has 2 aromatic carbocycles. The number of ether oxygens (including phenoxy) is 2. The maximum Gasteiger partial charge on any atom is 0.347 e. The molecule has 2 rings (SSSR count). The third kappa shape index (κ3) is 5.58. The van der Waals surface area contributed by atoms with Gasteiger partial charge < -0.3 is 14.8 Å². The molecule has 0 fully saturated rings. The molecule has 0 unspecified atom stereocenters. The number of carbonyl (C=O) groups is 2. The second-order valence-electron chi connectivity index (χ2n) is 6.71. The van der Waals surface area contributed by atoms with Gasteiger partial charge in [-0.25, -0.2) is 4.79 Å². The molecule has 2 aromatic rings. The van der Waals surface area contributed by atoms with Gasteiger partial charge in [-0.05, 0) is 55.7 Å². The van der Waals surface area contributed by atoms with E-state index in [1.54, 1.807) is 31.2 Å². The summed E-state index contributed by atoms with van der Waals surface area (Å²) in [5.74, 6) is -0.377. The third-order valence-corrected chi connectivity index (χ3v) is 4.13. The molecule has 0 bridgehead atoms. The van der Waals surface area contributed by atoms with Gasteiger partial charge in [0, 0.05) is 5.69 Å². The average molecular weight is 380 g/mol. The Morgan fingerprint density at radius 1 is 0.964 bits per heavy atom. The highest BCUT2D eigenvalue weighted by molar-refractivity contribution is 5.96. The number of nitrogens with one attached hydrogen (secondary N) is 1. The minimum atomic E-state index is -0.972. The van der Waals surface area contributed by atoms with Crippen LogP contribution < -0.4 is 10.1 Å². The number of anilines is 1. The molecule has 0 spiro atoms. The molecule has 146 valence electrons. The number of hydrogen-bond acceptors (Lipinski definition) is 5. The lowest BCUT2D eigenvalue weighted by Gasteiger charge is -2.19. The fourth-order valence-electron chi connectivity index (χ4n) is 2.53. The second-order valence-corrected chi connectivity index (χ2v) is 6.71. The summed E-state index contributed by atoms with van der Waals surface area (Å²) in [5, 5.41) is 11.6. The number of rotatable bonds is 7. The average Bonchev–Trinajstić information content (AvgIpc) is 2.68. The molecule has 0 aromatic heterocycles. The number of para-hydroxylation sites is 1. The van der Waals surface area contributed by atoms with Crippen molar-refractivity contribution in [2.24, 2.45) is 0 Å². The van der Waals surface area contributed by atoms with Crippen LogP contribution in [0.25, 0.3) is 0 Å². The van der Waals surface area contributed by atoms with Crippen LogP contribution in [0.3, 0.4) is 0 Å². The summed E-state index contributed by atoms with van der Waals surface area (Å²) in [6.45, 7) is 7.13. The number of benzene rings is 2. The lowest BCUT2D eigenvalue weighted by Crippen LogP contribution is -2.35. The molecule has 0 aliphatic carbocycles. The van der Waals surface area contributed by atoms with E-state index in [1.165, 1.54) is 6.92 Å². The smallest absolute Gasteiger partial charge is 0.347 e. The maximum atomic E-state index is 12.4. The minimum absolute atomic E-state index is 0.246. The molecule has 1 N–H and O–H groups in total. The van der Waals surface area contributed by atoms with Crippen molar-refractivity contribution >= 4 is 17.6 Å². The zero-order valence-corrected chi connectivity index (χ0v) is 16.4. The van der Waals surface area contributed by atoms with Gasteiger partial charge >= 0.3 is 5.97 Å². The number of nitriles is 1. The zero-order valence-electron chi connectivity index (χ0n) is 16.4. The van der Waals surface area contributed by atoms with Crippen LogP contribution in [-0.4, -0.2) is 24.1 Å². The molecule has 6 nitrogen and oxygen atoms in total. The van der Waals surface area contributed by atoms with Crippen LogP contribution in [0.5, 0.6) is 5.75 Å². The predicted molar refractivity (Wildman–Crippen MR) is 106 cm³/mol. The molecule has 6 heteroatoms. The Bertz CT molecular complexity index is 869. The molecule has 0 saturated heterocycles. The van der Waals surface area contributed by atoms with E-state index in [1.807, 2.05) is 44.2 Å².